The number of morpholine rings is 1. The van der Waals surface area contributed by atoms with Crippen molar-refractivity contribution in [2.24, 2.45) is 0 Å². The van der Waals surface area contributed by atoms with E-state index in [0.717, 1.165) is 0 Å². The summed E-state index contributed by atoms with van der Waals surface area (Å²) in [7, 11) is -3.59. The van der Waals surface area contributed by atoms with E-state index in [1.54, 1.807) is 30.3 Å². The molecule has 168 valence electrons. The molecule has 0 radical (unpaired) electrons. The molecule has 2 heterocycles. The summed E-state index contributed by atoms with van der Waals surface area (Å²) in [6.07, 6.45) is 0. The average Bonchev–Trinajstić information content (AvgIpc) is 3.29. The van der Waals surface area contributed by atoms with Gasteiger partial charge in [-0.15, -0.1) is 0 Å². The third-order valence-corrected chi connectivity index (χ3v) is 7.04. The van der Waals surface area contributed by atoms with Crippen LogP contribution in [0, 0.1) is 0 Å². The third kappa shape index (κ3) is 5.13. The summed E-state index contributed by atoms with van der Waals surface area (Å²) >= 11 is 6.05. The number of hydrogen-bond donors (Lipinski definition) is 1. The normalized spacial score (nSPS) is 14.8. The lowest BCUT2D eigenvalue weighted by molar-refractivity contribution is 0.0730. The van der Waals surface area contributed by atoms with Crippen molar-refractivity contribution in [1.82, 2.24) is 4.31 Å². The fraction of sp³-hybridized carbons (Fsp3) is 0.227. The second-order valence-corrected chi connectivity index (χ2v) is 9.33. The van der Waals surface area contributed by atoms with Crippen LogP contribution >= 0.6 is 11.6 Å². The summed E-state index contributed by atoms with van der Waals surface area (Å²) < 4.78 is 43.1. The molecule has 3 aromatic rings. The van der Waals surface area contributed by atoms with Crippen molar-refractivity contribution in [3.8, 4) is 5.75 Å². The fourth-order valence-electron chi connectivity index (χ4n) is 3.13. The highest BCUT2D eigenvalue weighted by molar-refractivity contribution is 7.89. The molecule has 1 aliphatic rings. The first-order chi connectivity index (χ1) is 15.4. The molecule has 0 unspecified atom stereocenters. The van der Waals surface area contributed by atoms with E-state index < -0.39 is 15.9 Å². The smallest absolute Gasteiger partial charge is 0.291 e. The van der Waals surface area contributed by atoms with Crippen LogP contribution in [0.5, 0.6) is 5.75 Å². The first-order valence-electron chi connectivity index (χ1n) is 9.89. The fourth-order valence-corrected chi connectivity index (χ4v) is 4.73. The van der Waals surface area contributed by atoms with Crippen molar-refractivity contribution in [3.63, 3.8) is 0 Å². The molecule has 1 aliphatic heterocycles. The molecule has 0 spiro atoms. The molecule has 8 nitrogen and oxygen atoms in total. The minimum absolute atomic E-state index is 0.104. The Morgan fingerprint density at radius 1 is 1.03 bits per heavy atom. The van der Waals surface area contributed by atoms with Crippen LogP contribution < -0.4 is 10.1 Å². The maximum absolute atomic E-state index is 12.7. The van der Waals surface area contributed by atoms with Gasteiger partial charge < -0.3 is 19.2 Å². The van der Waals surface area contributed by atoms with Crippen molar-refractivity contribution in [3.05, 3.63) is 77.2 Å². The molecule has 1 amide bonds. The second kappa shape index (κ2) is 9.74. The van der Waals surface area contributed by atoms with E-state index in [1.807, 2.05) is 0 Å². The van der Waals surface area contributed by atoms with E-state index in [0.29, 0.717) is 48.5 Å². The maximum atomic E-state index is 12.7. The van der Waals surface area contributed by atoms with Crippen molar-refractivity contribution in [2.75, 3.05) is 31.6 Å². The van der Waals surface area contributed by atoms with E-state index in [9.17, 15) is 13.2 Å². The van der Waals surface area contributed by atoms with Gasteiger partial charge in [-0.05, 0) is 48.5 Å². The number of rotatable bonds is 7. The number of ether oxygens (including phenoxy) is 2. The van der Waals surface area contributed by atoms with E-state index >= 15 is 0 Å². The molecule has 32 heavy (non-hydrogen) atoms. The molecule has 1 saturated heterocycles. The molecule has 1 N–H and O–H groups in total. The zero-order chi connectivity index (χ0) is 22.6. The topological polar surface area (TPSA) is 98.1 Å². The molecule has 0 atom stereocenters. The van der Waals surface area contributed by atoms with Crippen LogP contribution in [0.2, 0.25) is 5.02 Å². The maximum Gasteiger partial charge on any atom is 0.291 e. The summed E-state index contributed by atoms with van der Waals surface area (Å²) in [6, 6.07) is 16.2. The Bertz CT molecular complexity index is 1190. The van der Waals surface area contributed by atoms with Crippen LogP contribution in [-0.2, 0) is 21.4 Å². The number of halogens is 1. The van der Waals surface area contributed by atoms with Gasteiger partial charge in [0, 0.05) is 18.8 Å². The number of furan rings is 1. The number of sulfonamides is 1. The summed E-state index contributed by atoms with van der Waals surface area (Å²) in [5.74, 6) is 0.622. The minimum atomic E-state index is -3.59. The second-order valence-electron chi connectivity index (χ2n) is 6.98. The lowest BCUT2D eigenvalue weighted by atomic mass is 10.3. The van der Waals surface area contributed by atoms with Crippen LogP contribution in [0.1, 0.15) is 16.3 Å². The van der Waals surface area contributed by atoms with E-state index in [1.165, 1.54) is 34.6 Å². The number of hydrogen-bond acceptors (Lipinski definition) is 6. The highest BCUT2D eigenvalue weighted by Crippen LogP contribution is 2.25. The molecule has 4 rings (SSSR count). The SMILES string of the molecule is O=C(Nc1ccc(S(=O)(=O)N2CCOCC2)cc1)c1ccc(COc2ccccc2Cl)o1. The van der Waals surface area contributed by atoms with Crippen molar-refractivity contribution in [1.29, 1.82) is 0 Å². The van der Waals surface area contributed by atoms with Crippen molar-refractivity contribution >= 4 is 33.2 Å². The van der Waals surface area contributed by atoms with Gasteiger partial charge in [0.05, 0.1) is 23.1 Å². The number of carbonyl (C=O) groups excluding carboxylic acids is 1. The molecule has 1 aromatic heterocycles. The van der Waals surface area contributed by atoms with Gasteiger partial charge >= 0.3 is 0 Å². The number of benzene rings is 2. The Balaban J connectivity index is 1.36. The Morgan fingerprint density at radius 3 is 2.47 bits per heavy atom. The number of carbonyl (C=O) groups is 1. The summed E-state index contributed by atoms with van der Waals surface area (Å²) in [5.41, 5.74) is 0.446. The number of amides is 1. The first kappa shape index (κ1) is 22.3. The van der Waals surface area contributed by atoms with Crippen LogP contribution in [0.25, 0.3) is 0 Å². The Morgan fingerprint density at radius 2 is 1.75 bits per heavy atom. The van der Waals surface area contributed by atoms with Gasteiger partial charge in [0.2, 0.25) is 10.0 Å². The third-order valence-electron chi connectivity index (χ3n) is 4.81. The highest BCUT2D eigenvalue weighted by Gasteiger charge is 2.26. The predicted octanol–water partition coefficient (Wildman–Crippen LogP) is 3.79. The largest absolute Gasteiger partial charge is 0.484 e. The molecule has 1 fully saturated rings. The van der Waals surface area contributed by atoms with E-state index in [-0.39, 0.29) is 17.3 Å². The molecule has 2 aromatic carbocycles. The standard InChI is InChI=1S/C22H21ClN2O6S/c23-19-3-1-2-4-20(19)30-15-17-7-10-21(31-17)22(26)24-16-5-8-18(9-6-16)32(27,28)25-11-13-29-14-12-25/h1-10H,11-15H2,(H,24,26). The zero-order valence-electron chi connectivity index (χ0n) is 17.0. The van der Waals surface area contributed by atoms with Crippen LogP contribution in [0.15, 0.2) is 70.0 Å². The quantitative estimate of drug-likeness (QED) is 0.557. The van der Waals surface area contributed by atoms with Crippen LogP contribution in [-0.4, -0.2) is 44.9 Å². The summed E-state index contributed by atoms with van der Waals surface area (Å²) in [6.45, 7) is 1.51. The molecule has 0 bridgehead atoms. The van der Waals surface area contributed by atoms with Crippen LogP contribution in [0.3, 0.4) is 0 Å². The predicted molar refractivity (Wildman–Crippen MR) is 118 cm³/mol. The van der Waals surface area contributed by atoms with Gasteiger partial charge in [0.1, 0.15) is 18.1 Å². The first-order valence-corrected chi connectivity index (χ1v) is 11.7. The van der Waals surface area contributed by atoms with E-state index in [2.05, 4.69) is 5.32 Å². The van der Waals surface area contributed by atoms with Gasteiger partial charge in [0.25, 0.3) is 5.91 Å². The molecule has 0 aliphatic carbocycles. The number of nitrogens with one attached hydrogen (secondary N) is 1. The Labute approximate surface area is 190 Å². The van der Waals surface area contributed by atoms with Gasteiger partial charge in [-0.25, -0.2) is 8.42 Å². The van der Waals surface area contributed by atoms with Crippen molar-refractivity contribution in [2.45, 2.75) is 11.5 Å². The summed E-state index contributed by atoms with van der Waals surface area (Å²) in [5, 5.41) is 3.17. The average molecular weight is 477 g/mol. The monoisotopic (exact) mass is 476 g/mol. The Hall–Kier alpha value is -2.85. The Kier molecular flexibility index (Phi) is 6.80. The van der Waals surface area contributed by atoms with Gasteiger partial charge in [-0.1, -0.05) is 23.7 Å². The molecular formula is C22H21ClN2O6S. The lowest BCUT2D eigenvalue weighted by Gasteiger charge is -2.26. The van der Waals surface area contributed by atoms with Gasteiger partial charge in [-0.3, -0.25) is 4.79 Å². The van der Waals surface area contributed by atoms with E-state index in [4.69, 9.17) is 25.5 Å². The van der Waals surface area contributed by atoms with Crippen molar-refractivity contribution < 1.29 is 27.1 Å². The molecular weight excluding hydrogens is 456 g/mol. The van der Waals surface area contributed by atoms with Crippen LogP contribution in [0.4, 0.5) is 5.69 Å². The number of para-hydroxylation sites is 1. The minimum Gasteiger partial charge on any atom is -0.484 e. The number of nitrogens with zero attached hydrogens (tertiary/aromatic N) is 1. The molecule has 10 heteroatoms. The van der Waals surface area contributed by atoms with Gasteiger partial charge in [-0.2, -0.15) is 4.31 Å². The summed E-state index contributed by atoms with van der Waals surface area (Å²) in [4.78, 5) is 12.6. The zero-order valence-corrected chi connectivity index (χ0v) is 18.6. The molecule has 0 saturated carbocycles. The van der Waals surface area contributed by atoms with Gasteiger partial charge in [0.15, 0.2) is 5.76 Å². The highest BCUT2D eigenvalue weighted by atomic mass is 35.5. The number of anilines is 1. The lowest BCUT2D eigenvalue weighted by Crippen LogP contribution is -2.40.